The predicted octanol–water partition coefficient (Wildman–Crippen LogP) is 3.44. The summed E-state index contributed by atoms with van der Waals surface area (Å²) < 4.78 is 26.7. The first kappa shape index (κ1) is 13.3. The van der Waals surface area contributed by atoms with E-state index in [-0.39, 0.29) is 11.6 Å². The second-order valence-electron chi connectivity index (χ2n) is 4.43. The third-order valence-electron chi connectivity index (χ3n) is 2.96. The van der Waals surface area contributed by atoms with Crippen LogP contribution in [0.25, 0.3) is 0 Å². The van der Waals surface area contributed by atoms with Gasteiger partial charge in [0.15, 0.2) is 0 Å². The van der Waals surface area contributed by atoms with E-state index in [2.05, 4.69) is 5.32 Å². The summed E-state index contributed by atoms with van der Waals surface area (Å²) >= 11 is 1.83. The minimum Gasteiger partial charge on any atom is -0.321 e. The Bertz CT molecular complexity index is 413. The summed E-state index contributed by atoms with van der Waals surface area (Å²) in [5.41, 5.74) is -0.342. The molecule has 0 aromatic heterocycles. The number of amides is 1. The normalized spacial score (nSPS) is 19.6. The summed E-state index contributed by atoms with van der Waals surface area (Å²) in [6.07, 6.45) is 2.46. The minimum atomic E-state index is -0.735. The quantitative estimate of drug-likeness (QED) is 0.912. The fourth-order valence-corrected chi connectivity index (χ4v) is 3.19. The van der Waals surface area contributed by atoms with E-state index in [4.69, 9.17) is 0 Å². The molecule has 1 aromatic rings. The van der Waals surface area contributed by atoms with Gasteiger partial charge < -0.3 is 5.32 Å². The van der Waals surface area contributed by atoms with E-state index in [1.54, 1.807) is 0 Å². The molecule has 1 aliphatic rings. The van der Waals surface area contributed by atoms with Gasteiger partial charge in [-0.05, 0) is 42.4 Å². The van der Waals surface area contributed by atoms with Gasteiger partial charge in [0.05, 0.1) is 0 Å². The Morgan fingerprint density at radius 3 is 2.72 bits per heavy atom. The zero-order valence-corrected chi connectivity index (χ0v) is 10.7. The maximum atomic E-state index is 13.3. The highest BCUT2D eigenvalue weighted by atomic mass is 32.2. The van der Waals surface area contributed by atoms with Gasteiger partial charge in [-0.1, -0.05) is 6.07 Å². The standard InChI is InChI=1S/C13H15F2NOS/c14-10-4-1-5-11(15)13(10)16-12(17)7-9-3-2-6-18-8-9/h1,4-5,9H,2-3,6-8H2,(H,16,17). The molecule has 98 valence electrons. The number of benzene rings is 1. The molecule has 2 rings (SSSR count). The van der Waals surface area contributed by atoms with Crippen molar-refractivity contribution in [2.75, 3.05) is 16.8 Å². The van der Waals surface area contributed by atoms with E-state index in [0.717, 1.165) is 36.5 Å². The fraction of sp³-hybridized carbons (Fsp3) is 0.462. The molecule has 1 unspecified atom stereocenters. The largest absolute Gasteiger partial charge is 0.321 e. The van der Waals surface area contributed by atoms with Gasteiger partial charge in [0.1, 0.15) is 17.3 Å². The highest BCUT2D eigenvalue weighted by Crippen LogP contribution is 2.26. The van der Waals surface area contributed by atoms with Crippen molar-refractivity contribution in [1.29, 1.82) is 0 Å². The maximum absolute atomic E-state index is 13.3. The SMILES string of the molecule is O=C(CC1CCCSC1)Nc1c(F)cccc1F. The lowest BCUT2D eigenvalue weighted by Crippen LogP contribution is -2.21. The molecule has 1 N–H and O–H groups in total. The van der Waals surface area contributed by atoms with Crippen molar-refractivity contribution in [3.63, 3.8) is 0 Å². The van der Waals surface area contributed by atoms with Crippen LogP contribution in [0.3, 0.4) is 0 Å². The zero-order valence-electron chi connectivity index (χ0n) is 9.92. The van der Waals surface area contributed by atoms with Crippen LogP contribution in [0.5, 0.6) is 0 Å². The van der Waals surface area contributed by atoms with Crippen LogP contribution in [0.4, 0.5) is 14.5 Å². The summed E-state index contributed by atoms with van der Waals surface area (Å²) in [5.74, 6) is 0.626. The third kappa shape index (κ3) is 3.45. The Hall–Kier alpha value is -1.10. The number of hydrogen-bond donors (Lipinski definition) is 1. The molecule has 1 fully saturated rings. The summed E-state index contributed by atoms with van der Waals surface area (Å²) in [7, 11) is 0. The van der Waals surface area contributed by atoms with Gasteiger partial charge in [0.2, 0.25) is 5.91 Å². The van der Waals surface area contributed by atoms with E-state index >= 15 is 0 Å². The molecule has 1 heterocycles. The molecule has 0 aliphatic carbocycles. The van der Waals surface area contributed by atoms with Crippen molar-refractivity contribution in [3.8, 4) is 0 Å². The van der Waals surface area contributed by atoms with Crippen molar-refractivity contribution >= 4 is 23.4 Å². The van der Waals surface area contributed by atoms with E-state index < -0.39 is 11.6 Å². The van der Waals surface area contributed by atoms with E-state index in [0.29, 0.717) is 12.3 Å². The van der Waals surface area contributed by atoms with Crippen LogP contribution in [0.15, 0.2) is 18.2 Å². The highest BCUT2D eigenvalue weighted by molar-refractivity contribution is 7.99. The number of carbonyl (C=O) groups is 1. The molecule has 5 heteroatoms. The third-order valence-corrected chi connectivity index (χ3v) is 4.24. The van der Waals surface area contributed by atoms with Crippen molar-refractivity contribution in [2.45, 2.75) is 19.3 Å². The Kier molecular flexibility index (Phi) is 4.58. The Morgan fingerprint density at radius 1 is 1.39 bits per heavy atom. The van der Waals surface area contributed by atoms with Gasteiger partial charge in [-0.15, -0.1) is 0 Å². The highest BCUT2D eigenvalue weighted by Gasteiger charge is 2.19. The number of nitrogens with one attached hydrogen (secondary N) is 1. The van der Waals surface area contributed by atoms with Crippen molar-refractivity contribution < 1.29 is 13.6 Å². The molecule has 18 heavy (non-hydrogen) atoms. The second-order valence-corrected chi connectivity index (χ2v) is 5.58. The predicted molar refractivity (Wildman–Crippen MR) is 69.7 cm³/mol. The van der Waals surface area contributed by atoms with Crippen LogP contribution in [0.2, 0.25) is 0 Å². The topological polar surface area (TPSA) is 29.1 Å². The lowest BCUT2D eigenvalue weighted by molar-refractivity contribution is -0.117. The number of halogens is 2. The van der Waals surface area contributed by atoms with Crippen LogP contribution in [0, 0.1) is 17.6 Å². The molecule has 1 saturated heterocycles. The maximum Gasteiger partial charge on any atom is 0.224 e. The average molecular weight is 271 g/mol. The first-order valence-corrected chi connectivity index (χ1v) is 7.14. The molecule has 1 aromatic carbocycles. The number of thioether (sulfide) groups is 1. The first-order valence-electron chi connectivity index (χ1n) is 5.98. The lowest BCUT2D eigenvalue weighted by atomic mass is 10.0. The summed E-state index contributed by atoms with van der Waals surface area (Å²) in [4.78, 5) is 11.7. The van der Waals surface area contributed by atoms with Gasteiger partial charge in [-0.25, -0.2) is 8.78 Å². The van der Waals surface area contributed by atoms with E-state index in [1.165, 1.54) is 6.07 Å². The van der Waals surface area contributed by atoms with Crippen molar-refractivity contribution in [2.24, 2.45) is 5.92 Å². The minimum absolute atomic E-state index is 0.313. The van der Waals surface area contributed by atoms with E-state index in [9.17, 15) is 13.6 Å². The number of anilines is 1. The van der Waals surface area contributed by atoms with Gasteiger partial charge in [0.25, 0.3) is 0 Å². The molecule has 0 saturated carbocycles. The van der Waals surface area contributed by atoms with E-state index in [1.807, 2.05) is 11.8 Å². The number of hydrogen-bond acceptors (Lipinski definition) is 2. The monoisotopic (exact) mass is 271 g/mol. The molecule has 0 spiro atoms. The zero-order chi connectivity index (χ0) is 13.0. The average Bonchev–Trinajstić information content (AvgIpc) is 2.35. The molecule has 1 amide bonds. The smallest absolute Gasteiger partial charge is 0.224 e. The molecule has 2 nitrogen and oxygen atoms in total. The van der Waals surface area contributed by atoms with Crippen molar-refractivity contribution in [1.82, 2.24) is 0 Å². The Morgan fingerprint density at radius 2 is 2.11 bits per heavy atom. The van der Waals surface area contributed by atoms with Gasteiger partial charge >= 0.3 is 0 Å². The second kappa shape index (κ2) is 6.18. The van der Waals surface area contributed by atoms with Gasteiger partial charge in [0, 0.05) is 6.42 Å². The Balaban J connectivity index is 1.94. The fourth-order valence-electron chi connectivity index (χ4n) is 2.04. The summed E-state index contributed by atoms with van der Waals surface area (Å²) in [6.45, 7) is 0. The molecular formula is C13H15F2NOS. The van der Waals surface area contributed by atoms with Crippen LogP contribution in [-0.4, -0.2) is 17.4 Å². The number of rotatable bonds is 3. The first-order chi connectivity index (χ1) is 8.66. The van der Waals surface area contributed by atoms with Crippen LogP contribution in [-0.2, 0) is 4.79 Å². The Labute approximate surface area is 109 Å². The number of carbonyl (C=O) groups excluding carboxylic acids is 1. The van der Waals surface area contributed by atoms with Gasteiger partial charge in [-0.2, -0.15) is 11.8 Å². The summed E-state index contributed by atoms with van der Waals surface area (Å²) in [6, 6.07) is 3.54. The molecule has 1 atom stereocenters. The molecular weight excluding hydrogens is 256 g/mol. The summed E-state index contributed by atoms with van der Waals surface area (Å²) in [5, 5.41) is 2.33. The van der Waals surface area contributed by atoms with Crippen LogP contribution in [0.1, 0.15) is 19.3 Å². The number of para-hydroxylation sites is 1. The molecule has 1 aliphatic heterocycles. The molecule has 0 bridgehead atoms. The van der Waals surface area contributed by atoms with Crippen LogP contribution >= 0.6 is 11.8 Å². The van der Waals surface area contributed by atoms with Crippen LogP contribution < -0.4 is 5.32 Å². The lowest BCUT2D eigenvalue weighted by Gasteiger charge is -2.20. The molecule has 0 radical (unpaired) electrons. The van der Waals surface area contributed by atoms with Gasteiger partial charge in [-0.3, -0.25) is 4.79 Å². The van der Waals surface area contributed by atoms with Crippen molar-refractivity contribution in [3.05, 3.63) is 29.8 Å².